The van der Waals surface area contributed by atoms with Crippen molar-refractivity contribution < 1.29 is 19.2 Å². The molecule has 0 saturated heterocycles. The number of thiocarbonyl (C=S) groups is 1. The highest BCUT2D eigenvalue weighted by Gasteiger charge is 2.35. The molecule has 0 saturated carbocycles. The number of Topliss-reactive ketones (excluding diaryl/α,β-unsaturated/α-hetero) is 1. The zero-order valence-corrected chi connectivity index (χ0v) is 16.1. The third-order valence-corrected chi connectivity index (χ3v) is 4.67. The van der Waals surface area contributed by atoms with E-state index in [1.807, 2.05) is 0 Å². The summed E-state index contributed by atoms with van der Waals surface area (Å²) in [5, 5.41) is 18.1. The lowest BCUT2D eigenvalue weighted by Crippen LogP contribution is -2.46. The molecule has 2 aliphatic rings. The van der Waals surface area contributed by atoms with E-state index in [1.165, 1.54) is 13.2 Å². The lowest BCUT2D eigenvalue weighted by molar-refractivity contribution is -0.386. The highest BCUT2D eigenvalue weighted by atomic mass is 32.1. The molecule has 1 aliphatic carbocycles. The van der Waals surface area contributed by atoms with Crippen molar-refractivity contribution in [3.8, 4) is 11.5 Å². The van der Waals surface area contributed by atoms with Crippen molar-refractivity contribution in [2.45, 2.75) is 45.3 Å². The van der Waals surface area contributed by atoms with Crippen molar-refractivity contribution in [1.29, 1.82) is 0 Å². The van der Waals surface area contributed by atoms with E-state index in [1.54, 1.807) is 19.9 Å². The monoisotopic (exact) mass is 391 g/mol. The standard InChI is InChI=1S/C18H21N3O5S/c1-9(2)26-17-12(21(23)24)7-10(8-14(17)25-3)16-15-11(19-18(27)20-16)5-4-6-13(15)22/h7-9,16H,4-6H2,1-3H3,(H2,19,20,27). The fraction of sp³-hybridized carbons (Fsp3) is 0.444. The number of carbonyl (C=O) groups is 1. The molecule has 1 heterocycles. The fourth-order valence-corrected chi connectivity index (χ4v) is 3.61. The first-order valence-electron chi connectivity index (χ1n) is 8.68. The molecule has 1 unspecified atom stereocenters. The molecule has 2 N–H and O–H groups in total. The number of nitrogens with zero attached hydrogens (tertiary/aromatic N) is 1. The van der Waals surface area contributed by atoms with Crippen LogP contribution in [0.3, 0.4) is 0 Å². The minimum absolute atomic E-state index is 0.00729. The molecule has 27 heavy (non-hydrogen) atoms. The number of ketones is 1. The molecule has 0 fully saturated rings. The summed E-state index contributed by atoms with van der Waals surface area (Å²) in [6, 6.07) is 2.50. The normalized spacial score (nSPS) is 19.3. The molecular weight excluding hydrogens is 370 g/mol. The molecule has 3 rings (SSSR count). The second-order valence-corrected chi connectivity index (χ2v) is 7.10. The Bertz CT molecular complexity index is 850. The number of nitrogens with one attached hydrogen (secondary N) is 2. The van der Waals surface area contributed by atoms with Crippen LogP contribution in [0.15, 0.2) is 23.4 Å². The van der Waals surface area contributed by atoms with E-state index in [9.17, 15) is 14.9 Å². The zero-order valence-electron chi connectivity index (χ0n) is 15.3. The van der Waals surface area contributed by atoms with Gasteiger partial charge in [0.15, 0.2) is 16.6 Å². The summed E-state index contributed by atoms with van der Waals surface area (Å²) in [6.45, 7) is 3.56. The number of hydrogen-bond donors (Lipinski definition) is 2. The summed E-state index contributed by atoms with van der Waals surface area (Å²) in [7, 11) is 1.42. The molecule has 8 nitrogen and oxygen atoms in total. The first-order valence-corrected chi connectivity index (χ1v) is 9.09. The number of ether oxygens (including phenoxy) is 2. The van der Waals surface area contributed by atoms with Crippen LogP contribution in [-0.4, -0.2) is 29.0 Å². The predicted molar refractivity (Wildman–Crippen MR) is 103 cm³/mol. The summed E-state index contributed by atoms with van der Waals surface area (Å²) in [5.41, 5.74) is 1.67. The van der Waals surface area contributed by atoms with Gasteiger partial charge in [-0.3, -0.25) is 14.9 Å². The summed E-state index contributed by atoms with van der Waals surface area (Å²) < 4.78 is 11.0. The Balaban J connectivity index is 2.15. The van der Waals surface area contributed by atoms with E-state index in [4.69, 9.17) is 21.7 Å². The van der Waals surface area contributed by atoms with Crippen molar-refractivity contribution >= 4 is 28.8 Å². The SMILES string of the molecule is COc1cc(C2NC(=S)NC3=C2C(=O)CCC3)cc([N+](=O)[O-])c1OC(C)C. The van der Waals surface area contributed by atoms with Gasteiger partial charge in [0, 0.05) is 23.8 Å². The third kappa shape index (κ3) is 3.73. The van der Waals surface area contributed by atoms with E-state index in [0.717, 1.165) is 12.1 Å². The molecule has 1 aromatic rings. The molecule has 0 spiro atoms. The van der Waals surface area contributed by atoms with E-state index in [0.29, 0.717) is 29.1 Å². The van der Waals surface area contributed by atoms with Gasteiger partial charge in [-0.05, 0) is 50.5 Å². The largest absolute Gasteiger partial charge is 0.493 e. The molecule has 1 aromatic carbocycles. The van der Waals surface area contributed by atoms with Gasteiger partial charge in [0.1, 0.15) is 0 Å². The molecule has 1 atom stereocenters. The summed E-state index contributed by atoms with van der Waals surface area (Å²) in [4.78, 5) is 23.7. The Morgan fingerprint density at radius 2 is 2.07 bits per heavy atom. The van der Waals surface area contributed by atoms with Crippen LogP contribution in [-0.2, 0) is 4.79 Å². The average molecular weight is 391 g/mol. The van der Waals surface area contributed by atoms with E-state index in [-0.39, 0.29) is 29.1 Å². The zero-order chi connectivity index (χ0) is 19.7. The second kappa shape index (κ2) is 7.51. The molecule has 0 aromatic heterocycles. The van der Waals surface area contributed by atoms with Crippen molar-refractivity contribution in [2.75, 3.05) is 7.11 Å². The maximum absolute atomic E-state index is 12.5. The van der Waals surface area contributed by atoms with Crippen LogP contribution in [0.25, 0.3) is 0 Å². The fourth-order valence-electron chi connectivity index (χ4n) is 3.37. The highest BCUT2D eigenvalue weighted by molar-refractivity contribution is 7.80. The maximum atomic E-state index is 12.5. The summed E-state index contributed by atoms with van der Waals surface area (Å²) >= 11 is 5.26. The van der Waals surface area contributed by atoms with Gasteiger partial charge >= 0.3 is 5.69 Å². The van der Waals surface area contributed by atoms with Crippen molar-refractivity contribution in [2.24, 2.45) is 0 Å². The van der Waals surface area contributed by atoms with E-state index < -0.39 is 11.0 Å². The minimum atomic E-state index is -0.567. The van der Waals surface area contributed by atoms with Crippen LogP contribution in [0.4, 0.5) is 5.69 Å². The van der Waals surface area contributed by atoms with Gasteiger partial charge in [0.2, 0.25) is 5.75 Å². The first kappa shape index (κ1) is 19.1. The van der Waals surface area contributed by atoms with Gasteiger partial charge in [-0.1, -0.05) is 0 Å². The van der Waals surface area contributed by atoms with Gasteiger partial charge in [0.05, 0.1) is 24.2 Å². The number of nitro benzene ring substituents is 1. The van der Waals surface area contributed by atoms with Crippen LogP contribution in [0.5, 0.6) is 11.5 Å². The lowest BCUT2D eigenvalue weighted by Gasteiger charge is -2.34. The number of benzene rings is 1. The number of hydrogen-bond acceptors (Lipinski definition) is 6. The van der Waals surface area contributed by atoms with Gasteiger partial charge in [-0.15, -0.1) is 0 Å². The highest BCUT2D eigenvalue weighted by Crippen LogP contribution is 2.43. The number of carbonyl (C=O) groups excluding carboxylic acids is 1. The van der Waals surface area contributed by atoms with Crippen molar-refractivity contribution in [3.05, 3.63) is 39.1 Å². The number of methoxy groups -OCH3 is 1. The Labute approximate surface area is 162 Å². The number of rotatable bonds is 5. The second-order valence-electron chi connectivity index (χ2n) is 6.70. The molecule has 9 heteroatoms. The topological polar surface area (TPSA) is 103 Å². The lowest BCUT2D eigenvalue weighted by atomic mass is 9.85. The van der Waals surface area contributed by atoms with Crippen LogP contribution in [0, 0.1) is 10.1 Å². The Kier molecular flexibility index (Phi) is 5.31. The molecule has 1 aliphatic heterocycles. The van der Waals surface area contributed by atoms with E-state index in [2.05, 4.69) is 10.6 Å². The van der Waals surface area contributed by atoms with Crippen LogP contribution in [0.1, 0.15) is 44.7 Å². The average Bonchev–Trinajstić information content (AvgIpc) is 2.60. The van der Waals surface area contributed by atoms with Crippen molar-refractivity contribution in [3.63, 3.8) is 0 Å². The van der Waals surface area contributed by atoms with Crippen LogP contribution >= 0.6 is 12.2 Å². The smallest absolute Gasteiger partial charge is 0.315 e. The maximum Gasteiger partial charge on any atom is 0.315 e. The summed E-state index contributed by atoms with van der Waals surface area (Å²) in [5.74, 6) is 0.319. The van der Waals surface area contributed by atoms with E-state index >= 15 is 0 Å². The van der Waals surface area contributed by atoms with Crippen LogP contribution < -0.4 is 20.1 Å². The van der Waals surface area contributed by atoms with Crippen molar-refractivity contribution in [1.82, 2.24) is 10.6 Å². The van der Waals surface area contributed by atoms with Gasteiger partial charge < -0.3 is 20.1 Å². The molecular formula is C18H21N3O5S. The predicted octanol–water partition coefficient (Wildman–Crippen LogP) is 2.92. The first-order chi connectivity index (χ1) is 12.8. The Morgan fingerprint density at radius 1 is 1.33 bits per heavy atom. The molecule has 144 valence electrons. The number of nitro groups is 1. The third-order valence-electron chi connectivity index (χ3n) is 4.45. The Hall–Kier alpha value is -2.68. The van der Waals surface area contributed by atoms with Crippen LogP contribution in [0.2, 0.25) is 0 Å². The van der Waals surface area contributed by atoms with Gasteiger partial charge in [-0.25, -0.2) is 0 Å². The quantitative estimate of drug-likeness (QED) is 0.449. The Morgan fingerprint density at radius 3 is 2.70 bits per heavy atom. The summed E-state index contributed by atoms with van der Waals surface area (Å²) in [6.07, 6.45) is 1.65. The molecule has 0 amide bonds. The van der Waals surface area contributed by atoms with Gasteiger partial charge in [-0.2, -0.15) is 0 Å². The molecule has 0 bridgehead atoms. The molecule has 0 radical (unpaired) electrons. The minimum Gasteiger partial charge on any atom is -0.493 e. The number of allylic oxidation sites excluding steroid dienone is 1. The van der Waals surface area contributed by atoms with Gasteiger partial charge in [0.25, 0.3) is 0 Å².